The SMILES string of the molecule is O=C(O)CCc1ccccc1C1CC1. The number of carboxylic acid groups (broad SMARTS) is 1. The van der Waals surface area contributed by atoms with E-state index in [1.54, 1.807) is 0 Å². The molecule has 0 saturated heterocycles. The van der Waals surface area contributed by atoms with Gasteiger partial charge in [0, 0.05) is 6.42 Å². The van der Waals surface area contributed by atoms with Crippen molar-refractivity contribution in [2.75, 3.05) is 0 Å². The van der Waals surface area contributed by atoms with E-state index in [4.69, 9.17) is 5.11 Å². The third kappa shape index (κ3) is 2.13. The summed E-state index contributed by atoms with van der Waals surface area (Å²) in [5, 5.41) is 8.62. The molecule has 1 N–H and O–H groups in total. The number of carbonyl (C=O) groups is 1. The average molecular weight is 190 g/mol. The van der Waals surface area contributed by atoms with E-state index in [2.05, 4.69) is 12.1 Å². The zero-order chi connectivity index (χ0) is 9.97. The normalized spacial score (nSPS) is 15.4. The number of hydrogen-bond donors (Lipinski definition) is 1. The number of rotatable bonds is 4. The third-order valence-corrected chi connectivity index (χ3v) is 2.68. The molecule has 1 aliphatic rings. The molecule has 0 unspecified atom stereocenters. The molecule has 1 aromatic rings. The second kappa shape index (κ2) is 3.82. The molecular formula is C12H14O2. The van der Waals surface area contributed by atoms with Gasteiger partial charge in [0.2, 0.25) is 0 Å². The molecule has 14 heavy (non-hydrogen) atoms. The maximum Gasteiger partial charge on any atom is 0.303 e. The number of benzene rings is 1. The molecular weight excluding hydrogens is 176 g/mol. The van der Waals surface area contributed by atoms with Gasteiger partial charge in [-0.15, -0.1) is 0 Å². The standard InChI is InChI=1S/C12H14O2/c13-12(14)8-7-9-3-1-2-4-11(9)10-5-6-10/h1-4,10H,5-8H2,(H,13,14). The van der Waals surface area contributed by atoms with Gasteiger partial charge in [0.05, 0.1) is 0 Å². The molecule has 0 heterocycles. The van der Waals surface area contributed by atoms with Crippen molar-refractivity contribution in [3.05, 3.63) is 35.4 Å². The fraction of sp³-hybridized carbons (Fsp3) is 0.417. The second-order valence-electron chi connectivity index (χ2n) is 3.87. The molecule has 2 rings (SSSR count). The van der Waals surface area contributed by atoms with Crippen LogP contribution < -0.4 is 0 Å². The van der Waals surface area contributed by atoms with Gasteiger partial charge in [-0.25, -0.2) is 0 Å². The summed E-state index contributed by atoms with van der Waals surface area (Å²) in [6.45, 7) is 0. The molecule has 1 aromatic carbocycles. The molecule has 0 aromatic heterocycles. The lowest BCUT2D eigenvalue weighted by molar-refractivity contribution is -0.136. The zero-order valence-electron chi connectivity index (χ0n) is 8.07. The summed E-state index contributed by atoms with van der Waals surface area (Å²) in [6, 6.07) is 8.21. The van der Waals surface area contributed by atoms with Crippen LogP contribution >= 0.6 is 0 Å². The predicted molar refractivity (Wildman–Crippen MR) is 54.4 cm³/mol. The Morgan fingerprint density at radius 1 is 1.36 bits per heavy atom. The van der Waals surface area contributed by atoms with E-state index < -0.39 is 5.97 Å². The van der Waals surface area contributed by atoms with Crippen LogP contribution in [0.1, 0.15) is 36.3 Å². The molecule has 74 valence electrons. The highest BCUT2D eigenvalue weighted by Gasteiger charge is 2.25. The summed E-state index contributed by atoms with van der Waals surface area (Å²) in [7, 11) is 0. The quantitative estimate of drug-likeness (QED) is 0.792. The van der Waals surface area contributed by atoms with Crippen molar-refractivity contribution in [2.45, 2.75) is 31.6 Å². The molecule has 1 saturated carbocycles. The van der Waals surface area contributed by atoms with Crippen molar-refractivity contribution in [1.29, 1.82) is 0 Å². The minimum absolute atomic E-state index is 0.240. The fourth-order valence-corrected chi connectivity index (χ4v) is 1.80. The molecule has 1 aliphatic carbocycles. The van der Waals surface area contributed by atoms with Gasteiger partial charge in [-0.3, -0.25) is 4.79 Å². The minimum Gasteiger partial charge on any atom is -0.481 e. The van der Waals surface area contributed by atoms with E-state index in [1.807, 2.05) is 12.1 Å². The van der Waals surface area contributed by atoms with E-state index in [1.165, 1.54) is 24.0 Å². The lowest BCUT2D eigenvalue weighted by Crippen LogP contribution is -1.99. The monoisotopic (exact) mass is 190 g/mol. The van der Waals surface area contributed by atoms with E-state index in [0.717, 1.165) is 0 Å². The molecule has 0 bridgehead atoms. The van der Waals surface area contributed by atoms with Gasteiger partial charge in [-0.2, -0.15) is 0 Å². The van der Waals surface area contributed by atoms with Crippen LogP contribution in [0, 0.1) is 0 Å². The Labute approximate surface area is 83.6 Å². The Hall–Kier alpha value is -1.31. The summed E-state index contributed by atoms with van der Waals surface area (Å²) in [6.07, 6.45) is 3.44. The van der Waals surface area contributed by atoms with Crippen molar-refractivity contribution in [2.24, 2.45) is 0 Å². The highest BCUT2D eigenvalue weighted by molar-refractivity contribution is 5.67. The van der Waals surface area contributed by atoms with Crippen LogP contribution in [0.15, 0.2) is 24.3 Å². The summed E-state index contributed by atoms with van der Waals surface area (Å²) in [5.41, 5.74) is 2.59. The van der Waals surface area contributed by atoms with Crippen molar-refractivity contribution in [3.8, 4) is 0 Å². The first-order valence-electron chi connectivity index (χ1n) is 5.07. The average Bonchev–Trinajstić information content (AvgIpc) is 2.98. The van der Waals surface area contributed by atoms with Crippen LogP contribution in [0.4, 0.5) is 0 Å². The Kier molecular flexibility index (Phi) is 2.53. The van der Waals surface area contributed by atoms with Gasteiger partial charge >= 0.3 is 5.97 Å². The Morgan fingerprint density at radius 2 is 2.07 bits per heavy atom. The fourth-order valence-electron chi connectivity index (χ4n) is 1.80. The van der Waals surface area contributed by atoms with E-state index in [-0.39, 0.29) is 6.42 Å². The summed E-state index contributed by atoms with van der Waals surface area (Å²) >= 11 is 0. The highest BCUT2D eigenvalue weighted by Crippen LogP contribution is 2.41. The van der Waals surface area contributed by atoms with Gasteiger partial charge in [-0.1, -0.05) is 24.3 Å². The first-order chi connectivity index (χ1) is 6.77. The largest absolute Gasteiger partial charge is 0.481 e. The smallest absolute Gasteiger partial charge is 0.303 e. The van der Waals surface area contributed by atoms with Crippen LogP contribution in [0.3, 0.4) is 0 Å². The third-order valence-electron chi connectivity index (χ3n) is 2.68. The van der Waals surface area contributed by atoms with Gasteiger partial charge in [0.1, 0.15) is 0 Å². The molecule has 0 atom stereocenters. The van der Waals surface area contributed by atoms with Crippen LogP contribution in [-0.4, -0.2) is 11.1 Å². The summed E-state index contributed by atoms with van der Waals surface area (Å²) in [5.74, 6) is -0.00408. The van der Waals surface area contributed by atoms with Crippen LogP contribution in [0.25, 0.3) is 0 Å². The van der Waals surface area contributed by atoms with Crippen LogP contribution in [0.2, 0.25) is 0 Å². The van der Waals surface area contributed by atoms with Crippen LogP contribution in [0.5, 0.6) is 0 Å². The van der Waals surface area contributed by atoms with E-state index in [0.29, 0.717) is 12.3 Å². The van der Waals surface area contributed by atoms with Gasteiger partial charge in [-0.05, 0) is 36.3 Å². The highest BCUT2D eigenvalue weighted by atomic mass is 16.4. The van der Waals surface area contributed by atoms with Gasteiger partial charge < -0.3 is 5.11 Å². The molecule has 0 amide bonds. The molecule has 2 nitrogen and oxygen atoms in total. The lowest BCUT2D eigenvalue weighted by Gasteiger charge is -2.06. The molecule has 2 heteroatoms. The number of aliphatic carboxylic acids is 1. The molecule has 0 spiro atoms. The topological polar surface area (TPSA) is 37.3 Å². The maximum absolute atomic E-state index is 10.5. The first kappa shape index (κ1) is 9.25. The number of aryl methyl sites for hydroxylation is 1. The molecule has 0 aliphatic heterocycles. The second-order valence-corrected chi connectivity index (χ2v) is 3.87. The summed E-state index contributed by atoms with van der Waals surface area (Å²) in [4.78, 5) is 10.5. The van der Waals surface area contributed by atoms with Crippen molar-refractivity contribution in [1.82, 2.24) is 0 Å². The Morgan fingerprint density at radius 3 is 2.71 bits per heavy atom. The zero-order valence-corrected chi connectivity index (χ0v) is 8.07. The molecule has 1 fully saturated rings. The number of hydrogen-bond acceptors (Lipinski definition) is 1. The minimum atomic E-state index is -0.712. The predicted octanol–water partition coefficient (Wildman–Crippen LogP) is 2.58. The van der Waals surface area contributed by atoms with Crippen molar-refractivity contribution >= 4 is 5.97 Å². The lowest BCUT2D eigenvalue weighted by atomic mass is 9.99. The van der Waals surface area contributed by atoms with E-state index >= 15 is 0 Å². The number of carboxylic acids is 1. The maximum atomic E-state index is 10.5. The van der Waals surface area contributed by atoms with E-state index in [9.17, 15) is 4.79 Å². The Bertz CT molecular complexity index is 340. The Balaban J connectivity index is 2.10. The van der Waals surface area contributed by atoms with Crippen molar-refractivity contribution < 1.29 is 9.90 Å². The van der Waals surface area contributed by atoms with Crippen molar-refractivity contribution in [3.63, 3.8) is 0 Å². The molecule has 0 radical (unpaired) electrons. The van der Waals surface area contributed by atoms with Gasteiger partial charge in [0.25, 0.3) is 0 Å². The van der Waals surface area contributed by atoms with Crippen LogP contribution in [-0.2, 0) is 11.2 Å². The first-order valence-corrected chi connectivity index (χ1v) is 5.07. The summed E-state index contributed by atoms with van der Waals surface area (Å²) < 4.78 is 0. The van der Waals surface area contributed by atoms with Gasteiger partial charge in [0.15, 0.2) is 0 Å².